The predicted octanol–water partition coefficient (Wildman–Crippen LogP) is 5.84. The Balaban J connectivity index is 1.16. The van der Waals surface area contributed by atoms with Gasteiger partial charge in [0.05, 0.1) is 11.5 Å². The highest BCUT2D eigenvalue weighted by atomic mass is 32.2. The SMILES string of the molecule is Cc1ccc(S(=O)(=O)n2cc(-c3ccc(C(=O)N4CC5(CCOC5)C4)cc3)c3cc(-c4ccc(N5CCN(C)CC5)c(C)c4)cnc32)cc1. The molecule has 0 N–H and O–H groups in total. The monoisotopic (exact) mass is 675 g/mol. The summed E-state index contributed by atoms with van der Waals surface area (Å²) in [5.74, 6) is 0.00722. The number of piperazine rings is 1. The van der Waals surface area contributed by atoms with Gasteiger partial charge in [-0.15, -0.1) is 0 Å². The molecule has 3 saturated heterocycles. The summed E-state index contributed by atoms with van der Waals surface area (Å²) < 4.78 is 34.9. The first kappa shape index (κ1) is 31.7. The number of hydrogen-bond donors (Lipinski definition) is 0. The van der Waals surface area contributed by atoms with Crippen LogP contribution in [0.2, 0.25) is 0 Å². The average molecular weight is 676 g/mol. The van der Waals surface area contributed by atoms with Crippen LogP contribution in [0.25, 0.3) is 33.3 Å². The fourth-order valence-electron chi connectivity index (χ4n) is 7.49. The van der Waals surface area contributed by atoms with E-state index in [0.29, 0.717) is 11.2 Å². The molecule has 49 heavy (non-hydrogen) atoms. The van der Waals surface area contributed by atoms with Crippen molar-refractivity contribution in [1.82, 2.24) is 18.8 Å². The van der Waals surface area contributed by atoms with Crippen LogP contribution in [0.15, 0.2) is 90.1 Å². The largest absolute Gasteiger partial charge is 0.381 e. The molecule has 5 aromatic rings. The molecular formula is C39H41N5O4S. The highest BCUT2D eigenvalue weighted by Gasteiger charge is 2.47. The van der Waals surface area contributed by atoms with E-state index in [1.165, 1.54) is 15.2 Å². The number of anilines is 1. The number of aryl methyl sites for hydroxylation is 2. The topological polar surface area (TPSA) is 88.0 Å². The van der Waals surface area contributed by atoms with E-state index in [2.05, 4.69) is 42.0 Å². The standard InChI is InChI=1S/C39H41N5O4S/c1-27-4-11-33(12-5-27)49(46,47)44-23-35(29-6-8-30(9-7-29)38(45)43-24-39(25-43)14-19-48-26-39)34-21-32(22-40-37(34)44)31-10-13-36(28(2)20-31)42-17-15-41(3)16-18-42/h4-13,20-23H,14-19,24-26H2,1-3H3. The molecule has 9 nitrogen and oxygen atoms in total. The van der Waals surface area contributed by atoms with Gasteiger partial charge in [0.15, 0.2) is 5.65 Å². The van der Waals surface area contributed by atoms with Gasteiger partial charge >= 0.3 is 0 Å². The third-order valence-electron chi connectivity index (χ3n) is 10.5. The lowest BCUT2D eigenvalue weighted by Crippen LogP contribution is -2.58. The third-order valence-corrected chi connectivity index (χ3v) is 12.2. The maximum atomic E-state index is 14.0. The van der Waals surface area contributed by atoms with Crippen LogP contribution in [0.3, 0.4) is 0 Å². The van der Waals surface area contributed by atoms with Crippen LogP contribution in [0.5, 0.6) is 0 Å². The lowest BCUT2D eigenvalue weighted by molar-refractivity contribution is 0.000363. The summed E-state index contributed by atoms with van der Waals surface area (Å²) in [4.78, 5) is 25.0. The average Bonchev–Trinajstić information content (AvgIpc) is 3.74. The maximum absolute atomic E-state index is 14.0. The first-order valence-electron chi connectivity index (χ1n) is 17.0. The fraction of sp³-hybridized carbons (Fsp3) is 0.333. The van der Waals surface area contributed by atoms with Gasteiger partial charge in [0, 0.05) is 91.4 Å². The second-order valence-corrected chi connectivity index (χ2v) is 15.9. The van der Waals surface area contributed by atoms with E-state index >= 15 is 0 Å². The highest BCUT2D eigenvalue weighted by Crippen LogP contribution is 2.40. The molecule has 3 aliphatic rings. The number of rotatable bonds is 6. The number of benzene rings is 3. The summed E-state index contributed by atoms with van der Waals surface area (Å²) in [6.45, 7) is 11.1. The summed E-state index contributed by atoms with van der Waals surface area (Å²) in [5.41, 5.74) is 7.96. The van der Waals surface area contributed by atoms with Crippen LogP contribution < -0.4 is 4.90 Å². The van der Waals surface area contributed by atoms with Gasteiger partial charge in [0.2, 0.25) is 0 Å². The van der Waals surface area contributed by atoms with Gasteiger partial charge < -0.3 is 19.4 Å². The van der Waals surface area contributed by atoms with Gasteiger partial charge in [0.25, 0.3) is 15.9 Å². The van der Waals surface area contributed by atoms with E-state index in [9.17, 15) is 13.2 Å². The molecule has 0 saturated carbocycles. The third kappa shape index (κ3) is 5.71. The van der Waals surface area contributed by atoms with Gasteiger partial charge in [-0.3, -0.25) is 4.79 Å². The molecule has 5 heterocycles. The minimum Gasteiger partial charge on any atom is -0.381 e. The first-order valence-corrected chi connectivity index (χ1v) is 18.4. The second kappa shape index (κ2) is 12.1. The van der Waals surface area contributed by atoms with Crippen LogP contribution in [-0.4, -0.2) is 92.6 Å². The van der Waals surface area contributed by atoms with Crippen molar-refractivity contribution in [2.75, 3.05) is 64.4 Å². The Bertz CT molecular complexity index is 2150. The maximum Gasteiger partial charge on any atom is 0.269 e. The van der Waals surface area contributed by atoms with Crippen molar-refractivity contribution >= 4 is 32.7 Å². The first-order chi connectivity index (χ1) is 23.6. The normalized spacial score (nSPS) is 17.9. The summed E-state index contributed by atoms with van der Waals surface area (Å²) in [6.07, 6.45) is 4.42. The van der Waals surface area contributed by atoms with Crippen LogP contribution in [0, 0.1) is 19.3 Å². The zero-order valence-corrected chi connectivity index (χ0v) is 29.0. The minimum absolute atomic E-state index is 0.00722. The molecule has 3 aliphatic heterocycles. The van der Waals surface area contributed by atoms with Crippen molar-refractivity contribution in [2.45, 2.75) is 25.2 Å². The number of carbonyl (C=O) groups excluding carboxylic acids is 1. The Morgan fingerprint density at radius 1 is 0.857 bits per heavy atom. The Kier molecular flexibility index (Phi) is 7.85. The zero-order valence-electron chi connectivity index (χ0n) is 28.2. The Morgan fingerprint density at radius 2 is 1.57 bits per heavy atom. The van der Waals surface area contributed by atoms with Gasteiger partial charge in [0.1, 0.15) is 0 Å². The lowest BCUT2D eigenvalue weighted by atomic mass is 9.79. The predicted molar refractivity (Wildman–Crippen MR) is 193 cm³/mol. The fourth-order valence-corrected chi connectivity index (χ4v) is 8.82. The Labute approximate surface area is 287 Å². The van der Waals surface area contributed by atoms with Crippen LogP contribution in [-0.2, 0) is 14.8 Å². The zero-order chi connectivity index (χ0) is 33.9. The molecule has 0 aliphatic carbocycles. The number of pyridine rings is 1. The van der Waals surface area contributed by atoms with Crippen molar-refractivity contribution in [1.29, 1.82) is 0 Å². The lowest BCUT2D eigenvalue weighted by Gasteiger charge is -2.47. The van der Waals surface area contributed by atoms with Gasteiger partial charge in [-0.2, -0.15) is 0 Å². The van der Waals surface area contributed by atoms with E-state index in [4.69, 9.17) is 9.72 Å². The van der Waals surface area contributed by atoms with Gasteiger partial charge in [-0.1, -0.05) is 35.9 Å². The molecule has 1 spiro atoms. The van der Waals surface area contributed by atoms with Crippen molar-refractivity contribution in [2.24, 2.45) is 5.41 Å². The number of aromatic nitrogens is 2. The minimum atomic E-state index is -3.94. The summed E-state index contributed by atoms with van der Waals surface area (Å²) in [7, 11) is -1.78. The smallest absolute Gasteiger partial charge is 0.269 e. The number of likely N-dealkylation sites (tertiary alicyclic amines) is 1. The highest BCUT2D eigenvalue weighted by molar-refractivity contribution is 7.90. The second-order valence-electron chi connectivity index (χ2n) is 14.1. The van der Waals surface area contributed by atoms with E-state index in [0.717, 1.165) is 92.1 Å². The summed E-state index contributed by atoms with van der Waals surface area (Å²) in [6, 6.07) is 22.9. The Morgan fingerprint density at radius 3 is 2.24 bits per heavy atom. The van der Waals surface area contributed by atoms with Gasteiger partial charge in [-0.25, -0.2) is 17.4 Å². The molecule has 2 aromatic heterocycles. The van der Waals surface area contributed by atoms with Crippen LogP contribution in [0.4, 0.5) is 5.69 Å². The number of hydrogen-bond acceptors (Lipinski definition) is 7. The van der Waals surface area contributed by atoms with Gasteiger partial charge in [-0.05, 0) is 86.5 Å². The van der Waals surface area contributed by atoms with Crippen LogP contribution >= 0.6 is 0 Å². The molecule has 8 rings (SSSR count). The molecule has 3 aromatic carbocycles. The molecule has 0 atom stereocenters. The van der Waals surface area contributed by atoms with E-state index < -0.39 is 10.0 Å². The summed E-state index contributed by atoms with van der Waals surface area (Å²) >= 11 is 0. The molecule has 1 amide bonds. The number of ether oxygens (including phenoxy) is 1. The van der Waals surface area contributed by atoms with Crippen molar-refractivity contribution in [3.63, 3.8) is 0 Å². The van der Waals surface area contributed by atoms with E-state index in [1.54, 1.807) is 36.7 Å². The van der Waals surface area contributed by atoms with Crippen molar-refractivity contribution < 1.29 is 17.9 Å². The Hall–Kier alpha value is -4.51. The molecule has 252 valence electrons. The number of likely N-dealkylation sites (N-methyl/N-ethyl adjacent to an activating group) is 1. The molecule has 0 unspecified atom stereocenters. The summed E-state index contributed by atoms with van der Waals surface area (Å²) in [5, 5.41) is 0.721. The van der Waals surface area contributed by atoms with Crippen LogP contribution in [0.1, 0.15) is 27.9 Å². The van der Waals surface area contributed by atoms with E-state index in [-0.39, 0.29) is 16.2 Å². The van der Waals surface area contributed by atoms with E-state index in [1.807, 2.05) is 42.2 Å². The quantitative estimate of drug-likeness (QED) is 0.224. The molecule has 10 heteroatoms. The number of nitrogens with zero attached hydrogens (tertiary/aromatic N) is 5. The van der Waals surface area contributed by atoms with Crippen molar-refractivity contribution in [3.8, 4) is 22.3 Å². The molecule has 0 radical (unpaired) electrons. The van der Waals surface area contributed by atoms with Crippen molar-refractivity contribution in [3.05, 3.63) is 102 Å². The number of amides is 1. The molecule has 0 bridgehead atoms. The number of carbonyl (C=O) groups is 1. The number of fused-ring (bicyclic) bond motifs is 1. The molecular weight excluding hydrogens is 635 g/mol. The molecule has 3 fully saturated rings.